The predicted octanol–water partition coefficient (Wildman–Crippen LogP) is 5.33. The average Bonchev–Trinajstić information content (AvgIpc) is 2.76. The number of anilines is 2. The van der Waals surface area contributed by atoms with Crippen molar-refractivity contribution in [2.45, 2.75) is 0 Å². The topological polar surface area (TPSA) is 54.5 Å². The Morgan fingerprint density at radius 3 is 2.55 bits per heavy atom. The van der Waals surface area contributed by atoms with Crippen molar-refractivity contribution in [1.29, 1.82) is 0 Å². The van der Waals surface area contributed by atoms with Crippen molar-refractivity contribution in [3.8, 4) is 11.5 Å². The molecule has 1 aromatic heterocycles. The third-order valence-electron chi connectivity index (χ3n) is 4.54. The molecule has 4 rings (SSSR count). The molecule has 1 N–H and O–H groups in total. The van der Waals surface area contributed by atoms with Crippen molar-refractivity contribution in [3.63, 3.8) is 0 Å². The lowest BCUT2D eigenvalue weighted by Crippen LogP contribution is -2.32. The normalized spacial score (nSPS) is 13.8. The molecule has 0 saturated carbocycles. The summed E-state index contributed by atoms with van der Waals surface area (Å²) in [5, 5.41) is 3.55. The molecule has 1 amide bonds. The van der Waals surface area contributed by atoms with Crippen LogP contribution in [0.5, 0.6) is 11.5 Å². The van der Waals surface area contributed by atoms with Gasteiger partial charge in [0.05, 0.1) is 16.9 Å². The van der Waals surface area contributed by atoms with Gasteiger partial charge >= 0.3 is 0 Å². The molecule has 148 valence electrons. The summed E-state index contributed by atoms with van der Waals surface area (Å²) in [6.07, 6.45) is 3.32. The molecule has 2 heterocycles. The van der Waals surface area contributed by atoms with Gasteiger partial charge < -0.3 is 15.0 Å². The van der Waals surface area contributed by atoms with E-state index in [1.165, 1.54) is 0 Å². The van der Waals surface area contributed by atoms with Crippen molar-refractivity contribution in [2.75, 3.05) is 34.8 Å². The number of aromatic nitrogens is 1. The van der Waals surface area contributed by atoms with E-state index in [2.05, 4.69) is 15.2 Å². The Kier molecular flexibility index (Phi) is 6.22. The lowest BCUT2D eigenvalue weighted by Gasteiger charge is -2.29. The molecule has 0 spiro atoms. The van der Waals surface area contributed by atoms with Crippen LogP contribution < -0.4 is 15.0 Å². The van der Waals surface area contributed by atoms with Gasteiger partial charge in [0.2, 0.25) is 0 Å². The van der Waals surface area contributed by atoms with E-state index in [9.17, 15) is 4.79 Å². The Bertz CT molecular complexity index is 977. The first kappa shape index (κ1) is 19.6. The van der Waals surface area contributed by atoms with Crippen molar-refractivity contribution in [3.05, 3.63) is 77.6 Å². The van der Waals surface area contributed by atoms with Crippen LogP contribution in [-0.2, 0) is 0 Å². The van der Waals surface area contributed by atoms with Crippen LogP contribution in [0.1, 0.15) is 10.4 Å². The van der Waals surface area contributed by atoms with Crippen LogP contribution in [0.4, 0.5) is 11.4 Å². The summed E-state index contributed by atoms with van der Waals surface area (Å²) in [6, 6.07) is 16.3. The van der Waals surface area contributed by atoms with E-state index >= 15 is 0 Å². The highest BCUT2D eigenvalue weighted by Gasteiger charge is 2.15. The van der Waals surface area contributed by atoms with Gasteiger partial charge in [0.25, 0.3) is 5.91 Å². The molecule has 0 bridgehead atoms. The van der Waals surface area contributed by atoms with Crippen LogP contribution in [0, 0.1) is 0 Å². The van der Waals surface area contributed by atoms with E-state index in [1.54, 1.807) is 48.8 Å². The average molecular weight is 426 g/mol. The molecule has 0 unspecified atom stereocenters. The first-order chi connectivity index (χ1) is 14.2. The van der Waals surface area contributed by atoms with Gasteiger partial charge in [0.1, 0.15) is 11.5 Å². The number of benzene rings is 2. The summed E-state index contributed by atoms with van der Waals surface area (Å²) in [5.41, 5.74) is 2.23. The third kappa shape index (κ3) is 5.02. The largest absolute Gasteiger partial charge is 0.456 e. The van der Waals surface area contributed by atoms with E-state index in [0.717, 1.165) is 30.3 Å². The number of pyridine rings is 1. The van der Waals surface area contributed by atoms with Gasteiger partial charge in [-0.25, -0.2) is 0 Å². The SMILES string of the molecule is O=C(Nc1ccc(N2CCSCC2)c(Cl)c1)c1ccc(Oc2cccnc2)cc1. The number of rotatable bonds is 5. The van der Waals surface area contributed by atoms with Gasteiger partial charge in [0, 0.05) is 42.0 Å². The first-order valence-corrected chi connectivity index (χ1v) is 10.8. The summed E-state index contributed by atoms with van der Waals surface area (Å²) in [6.45, 7) is 1.98. The standard InChI is InChI=1S/C22H20ClN3O2S/c23-20-14-17(5-8-21(20)26-10-12-29-13-11-26)25-22(27)16-3-6-18(7-4-16)28-19-2-1-9-24-15-19/h1-9,14-15H,10-13H2,(H,25,27). The highest BCUT2D eigenvalue weighted by atomic mass is 35.5. The van der Waals surface area contributed by atoms with Crippen LogP contribution in [0.3, 0.4) is 0 Å². The zero-order valence-electron chi connectivity index (χ0n) is 15.7. The van der Waals surface area contributed by atoms with Crippen molar-refractivity contribution >= 4 is 40.6 Å². The third-order valence-corrected chi connectivity index (χ3v) is 5.79. The maximum atomic E-state index is 12.6. The highest BCUT2D eigenvalue weighted by Crippen LogP contribution is 2.31. The number of carbonyl (C=O) groups is 1. The molecule has 0 radical (unpaired) electrons. The first-order valence-electron chi connectivity index (χ1n) is 9.30. The minimum atomic E-state index is -0.198. The second-order valence-corrected chi connectivity index (χ2v) is 8.17. The molecule has 1 fully saturated rings. The fourth-order valence-corrected chi connectivity index (χ4v) is 4.27. The van der Waals surface area contributed by atoms with Crippen LogP contribution in [0.25, 0.3) is 0 Å². The van der Waals surface area contributed by atoms with Crippen molar-refractivity contribution < 1.29 is 9.53 Å². The molecule has 1 aliphatic rings. The lowest BCUT2D eigenvalue weighted by atomic mass is 10.2. The number of nitrogens with zero attached hydrogens (tertiary/aromatic N) is 2. The minimum absolute atomic E-state index is 0.198. The zero-order valence-corrected chi connectivity index (χ0v) is 17.2. The van der Waals surface area contributed by atoms with Crippen LogP contribution >= 0.6 is 23.4 Å². The molecule has 7 heteroatoms. The number of hydrogen-bond donors (Lipinski definition) is 1. The monoisotopic (exact) mass is 425 g/mol. The fourth-order valence-electron chi connectivity index (χ4n) is 3.07. The summed E-state index contributed by atoms with van der Waals surface area (Å²) < 4.78 is 5.70. The van der Waals surface area contributed by atoms with Gasteiger partial charge in [0.15, 0.2) is 0 Å². The number of hydrogen-bond acceptors (Lipinski definition) is 5. The molecule has 1 saturated heterocycles. The highest BCUT2D eigenvalue weighted by molar-refractivity contribution is 7.99. The van der Waals surface area contributed by atoms with E-state index in [-0.39, 0.29) is 5.91 Å². The molecule has 5 nitrogen and oxygen atoms in total. The van der Waals surface area contributed by atoms with Crippen LogP contribution in [0.15, 0.2) is 67.0 Å². The quantitative estimate of drug-likeness (QED) is 0.598. The summed E-state index contributed by atoms with van der Waals surface area (Å²) in [7, 11) is 0. The molecule has 1 aliphatic heterocycles. The Labute approximate surface area is 179 Å². The van der Waals surface area contributed by atoms with Gasteiger partial charge in [-0.1, -0.05) is 11.6 Å². The number of halogens is 1. The second-order valence-electron chi connectivity index (χ2n) is 6.53. The van der Waals surface area contributed by atoms with Gasteiger partial charge in [-0.2, -0.15) is 11.8 Å². The number of ether oxygens (including phenoxy) is 1. The van der Waals surface area contributed by atoms with Crippen molar-refractivity contribution in [1.82, 2.24) is 4.98 Å². The second kappa shape index (κ2) is 9.20. The fraction of sp³-hybridized carbons (Fsp3) is 0.182. The van der Waals surface area contributed by atoms with E-state index in [0.29, 0.717) is 27.8 Å². The zero-order chi connectivity index (χ0) is 20.1. The van der Waals surface area contributed by atoms with Gasteiger partial charge in [-0.15, -0.1) is 0 Å². The maximum Gasteiger partial charge on any atom is 0.255 e. The molecule has 2 aromatic carbocycles. The van der Waals surface area contributed by atoms with E-state index in [1.807, 2.05) is 30.0 Å². The summed E-state index contributed by atoms with van der Waals surface area (Å²) in [5.74, 6) is 3.30. The molecule has 3 aromatic rings. The van der Waals surface area contributed by atoms with E-state index < -0.39 is 0 Å². The Hall–Kier alpha value is -2.70. The molecule has 0 aliphatic carbocycles. The summed E-state index contributed by atoms with van der Waals surface area (Å²) >= 11 is 8.42. The van der Waals surface area contributed by atoms with Crippen LogP contribution in [-0.4, -0.2) is 35.5 Å². The summed E-state index contributed by atoms with van der Waals surface area (Å²) in [4.78, 5) is 18.9. The Balaban J connectivity index is 1.40. The molecule has 29 heavy (non-hydrogen) atoms. The van der Waals surface area contributed by atoms with E-state index in [4.69, 9.17) is 16.3 Å². The molecular weight excluding hydrogens is 406 g/mol. The Morgan fingerprint density at radius 2 is 1.86 bits per heavy atom. The number of nitrogens with one attached hydrogen (secondary N) is 1. The number of amides is 1. The molecule has 0 atom stereocenters. The van der Waals surface area contributed by atoms with Gasteiger partial charge in [-0.3, -0.25) is 9.78 Å². The number of carbonyl (C=O) groups excluding carboxylic acids is 1. The number of thioether (sulfide) groups is 1. The maximum absolute atomic E-state index is 12.6. The Morgan fingerprint density at radius 1 is 1.07 bits per heavy atom. The smallest absolute Gasteiger partial charge is 0.255 e. The minimum Gasteiger partial charge on any atom is -0.456 e. The molecular formula is C22H20ClN3O2S. The van der Waals surface area contributed by atoms with Crippen LogP contribution in [0.2, 0.25) is 5.02 Å². The van der Waals surface area contributed by atoms with Crippen molar-refractivity contribution in [2.24, 2.45) is 0 Å². The van der Waals surface area contributed by atoms with Gasteiger partial charge in [-0.05, 0) is 54.6 Å². The lowest BCUT2D eigenvalue weighted by molar-refractivity contribution is 0.102. The predicted molar refractivity (Wildman–Crippen MR) is 120 cm³/mol.